The number of imide groups is 1. The number of carbonyl (C=O) groups excluding carboxylic acids is 3. The number of anilines is 2. The van der Waals surface area contributed by atoms with Crippen LogP contribution in [0.4, 0.5) is 11.4 Å². The van der Waals surface area contributed by atoms with E-state index < -0.39 is 43.8 Å². The SMILES string of the molecule is NS(=O)(=O)c1ccc(NC(=O)Cn2c3c(sc2=O)C(c2ccccc2)C2C(=O)N(c4ccc(Cl)cc4)C(=O)C2S3)cc1. The lowest BCUT2D eigenvalue weighted by molar-refractivity contribution is -0.122. The van der Waals surface area contributed by atoms with Crippen LogP contribution in [-0.4, -0.2) is 36.0 Å². The Kier molecular flexibility index (Phi) is 7.31. The number of nitrogens with zero attached hydrogens (tertiary/aromatic N) is 2. The number of sulfonamides is 1. The Labute approximate surface area is 253 Å². The highest BCUT2D eigenvalue weighted by Crippen LogP contribution is 2.53. The lowest BCUT2D eigenvalue weighted by atomic mass is 9.83. The van der Waals surface area contributed by atoms with Crippen LogP contribution in [0.2, 0.25) is 5.02 Å². The summed E-state index contributed by atoms with van der Waals surface area (Å²) in [5, 5.41) is 7.89. The molecule has 3 heterocycles. The minimum atomic E-state index is -3.89. The van der Waals surface area contributed by atoms with Gasteiger partial charge in [0.15, 0.2) is 0 Å². The summed E-state index contributed by atoms with van der Waals surface area (Å²) in [6, 6.07) is 21.0. The molecule has 4 aromatic rings. The van der Waals surface area contributed by atoms with Crippen molar-refractivity contribution in [1.82, 2.24) is 4.57 Å². The molecule has 3 N–H and O–H groups in total. The molecule has 0 bridgehead atoms. The van der Waals surface area contributed by atoms with Gasteiger partial charge in [0.25, 0.3) is 0 Å². The van der Waals surface area contributed by atoms with E-state index in [0.717, 1.165) is 28.7 Å². The number of fused-ring (bicyclic) bond motifs is 2. The van der Waals surface area contributed by atoms with Crippen molar-refractivity contribution in [2.24, 2.45) is 11.1 Å². The van der Waals surface area contributed by atoms with E-state index >= 15 is 0 Å². The van der Waals surface area contributed by atoms with Crippen LogP contribution in [0.3, 0.4) is 0 Å². The fraction of sp³-hybridized carbons (Fsp3) is 0.143. The van der Waals surface area contributed by atoms with E-state index in [0.29, 0.717) is 26.3 Å². The maximum atomic E-state index is 13.9. The Morgan fingerprint density at radius 2 is 1.60 bits per heavy atom. The largest absolute Gasteiger partial charge is 0.325 e. The topological polar surface area (TPSA) is 149 Å². The molecule has 0 spiro atoms. The van der Waals surface area contributed by atoms with Crippen molar-refractivity contribution in [3.8, 4) is 0 Å². The first-order valence-corrected chi connectivity index (χ1v) is 16.2. The molecule has 214 valence electrons. The lowest BCUT2D eigenvalue weighted by Gasteiger charge is -2.30. The highest BCUT2D eigenvalue weighted by molar-refractivity contribution is 8.00. The van der Waals surface area contributed by atoms with Gasteiger partial charge in [0, 0.05) is 21.5 Å². The number of benzene rings is 3. The molecule has 2 aliphatic rings. The molecular weight excluding hydrogens is 620 g/mol. The van der Waals surface area contributed by atoms with E-state index in [2.05, 4.69) is 5.32 Å². The van der Waals surface area contributed by atoms with Crippen LogP contribution in [0, 0.1) is 5.92 Å². The first-order valence-electron chi connectivity index (χ1n) is 12.5. The molecule has 6 rings (SSSR count). The van der Waals surface area contributed by atoms with Gasteiger partial charge in [-0.3, -0.25) is 23.7 Å². The first-order chi connectivity index (χ1) is 20.0. The number of thiazole rings is 1. The molecule has 3 amide bonds. The van der Waals surface area contributed by atoms with E-state index in [-0.39, 0.29) is 17.3 Å². The second-order valence-electron chi connectivity index (χ2n) is 9.68. The number of amides is 3. The smallest absolute Gasteiger partial charge is 0.308 e. The number of nitrogens with one attached hydrogen (secondary N) is 1. The molecular formula is C28H21ClN4O6S3. The third-order valence-electron chi connectivity index (χ3n) is 7.06. The van der Waals surface area contributed by atoms with E-state index in [1.807, 2.05) is 30.3 Å². The summed E-state index contributed by atoms with van der Waals surface area (Å²) in [6.45, 7) is -0.351. The number of aromatic nitrogens is 1. The Morgan fingerprint density at radius 1 is 0.929 bits per heavy atom. The number of halogens is 1. The Bertz CT molecular complexity index is 1890. The molecule has 2 aliphatic heterocycles. The molecule has 0 saturated carbocycles. The third-order valence-corrected chi connectivity index (χ3v) is 10.8. The molecule has 42 heavy (non-hydrogen) atoms. The van der Waals surface area contributed by atoms with Gasteiger partial charge in [-0.2, -0.15) is 0 Å². The molecule has 14 heteroatoms. The van der Waals surface area contributed by atoms with E-state index in [1.54, 1.807) is 24.3 Å². The predicted molar refractivity (Wildman–Crippen MR) is 160 cm³/mol. The molecule has 0 aliphatic carbocycles. The predicted octanol–water partition coefficient (Wildman–Crippen LogP) is 3.65. The molecule has 3 unspecified atom stereocenters. The van der Waals surface area contributed by atoms with Crippen LogP contribution in [0.1, 0.15) is 16.4 Å². The van der Waals surface area contributed by atoms with Gasteiger partial charge in [-0.1, -0.05) is 65.0 Å². The minimum absolute atomic E-state index is 0.107. The fourth-order valence-corrected chi connectivity index (χ4v) is 8.61. The van der Waals surface area contributed by atoms with Crippen molar-refractivity contribution in [2.45, 2.75) is 27.6 Å². The monoisotopic (exact) mass is 640 g/mol. The van der Waals surface area contributed by atoms with Crippen LogP contribution in [0.5, 0.6) is 0 Å². The molecule has 3 aromatic carbocycles. The second kappa shape index (κ2) is 10.8. The third kappa shape index (κ3) is 5.07. The van der Waals surface area contributed by atoms with Crippen molar-refractivity contribution in [3.63, 3.8) is 0 Å². The van der Waals surface area contributed by atoms with Crippen LogP contribution in [0.15, 0.2) is 93.6 Å². The van der Waals surface area contributed by atoms with Gasteiger partial charge in [0.2, 0.25) is 27.7 Å². The summed E-state index contributed by atoms with van der Waals surface area (Å²) in [4.78, 5) is 55.1. The van der Waals surface area contributed by atoms with Crippen molar-refractivity contribution in [2.75, 3.05) is 10.2 Å². The average Bonchev–Trinajstić information content (AvgIpc) is 3.40. The van der Waals surface area contributed by atoms with Crippen LogP contribution < -0.4 is 20.2 Å². The standard InChI is InChI=1S/C28H21ClN4O6S3/c29-16-6-10-18(11-7-16)33-25(35)22-21(15-4-2-1-3-5-15)24-27(40-23(22)26(33)36)32(28(37)41-24)14-20(34)31-17-8-12-19(13-9-17)42(30,38)39/h1-13,21-23H,14H2,(H,31,34)(H2,30,38,39). The summed E-state index contributed by atoms with van der Waals surface area (Å²) >= 11 is 8.09. The van der Waals surface area contributed by atoms with Gasteiger partial charge in [0.05, 0.1) is 21.5 Å². The number of hydrogen-bond donors (Lipinski definition) is 2. The van der Waals surface area contributed by atoms with E-state index in [1.165, 1.54) is 33.7 Å². The number of rotatable bonds is 6. The summed E-state index contributed by atoms with van der Waals surface area (Å²) in [5.41, 5.74) is 1.50. The Hall–Kier alpha value is -3.75. The zero-order valence-electron chi connectivity index (χ0n) is 21.5. The first kappa shape index (κ1) is 28.4. The molecule has 3 atom stereocenters. The minimum Gasteiger partial charge on any atom is -0.325 e. The highest BCUT2D eigenvalue weighted by atomic mass is 35.5. The molecule has 1 saturated heterocycles. The number of nitrogens with two attached hydrogens (primary N) is 1. The van der Waals surface area contributed by atoms with Gasteiger partial charge in [0.1, 0.15) is 11.8 Å². The van der Waals surface area contributed by atoms with E-state index in [4.69, 9.17) is 16.7 Å². The van der Waals surface area contributed by atoms with Crippen LogP contribution >= 0.6 is 34.7 Å². The molecule has 1 fully saturated rings. The van der Waals surface area contributed by atoms with Crippen LogP contribution in [-0.2, 0) is 31.0 Å². The number of hydrogen-bond acceptors (Lipinski definition) is 8. The van der Waals surface area contributed by atoms with Crippen LogP contribution in [0.25, 0.3) is 0 Å². The van der Waals surface area contributed by atoms with Crippen molar-refractivity contribution < 1.29 is 22.8 Å². The summed E-state index contributed by atoms with van der Waals surface area (Å²) in [5.74, 6) is -2.64. The van der Waals surface area contributed by atoms with Gasteiger partial charge in [-0.05, 0) is 54.1 Å². The van der Waals surface area contributed by atoms with Gasteiger partial charge in [-0.25, -0.2) is 18.5 Å². The fourth-order valence-electron chi connectivity index (χ4n) is 5.19. The molecule has 0 radical (unpaired) electrons. The maximum Gasteiger partial charge on any atom is 0.308 e. The zero-order valence-corrected chi connectivity index (χ0v) is 24.7. The highest BCUT2D eigenvalue weighted by Gasteiger charge is 2.56. The Morgan fingerprint density at radius 3 is 2.24 bits per heavy atom. The summed E-state index contributed by atoms with van der Waals surface area (Å²) in [7, 11) is -3.89. The summed E-state index contributed by atoms with van der Waals surface area (Å²) in [6.07, 6.45) is 0. The van der Waals surface area contributed by atoms with E-state index in [9.17, 15) is 27.6 Å². The maximum absolute atomic E-state index is 13.9. The molecule has 1 aromatic heterocycles. The molecule has 10 nitrogen and oxygen atoms in total. The number of carbonyl (C=O) groups is 3. The van der Waals surface area contributed by atoms with Crippen molar-refractivity contribution in [1.29, 1.82) is 0 Å². The average molecular weight is 641 g/mol. The van der Waals surface area contributed by atoms with Crippen molar-refractivity contribution >= 4 is 73.8 Å². The van der Waals surface area contributed by atoms with Gasteiger partial charge >= 0.3 is 4.87 Å². The Balaban J connectivity index is 1.35. The second-order valence-corrected chi connectivity index (χ2v) is 13.8. The normalized spacial score (nSPS) is 19.9. The van der Waals surface area contributed by atoms with Gasteiger partial charge < -0.3 is 5.32 Å². The quantitative estimate of drug-likeness (QED) is 0.306. The lowest BCUT2D eigenvalue weighted by Crippen LogP contribution is -2.33. The number of primary sulfonamides is 1. The van der Waals surface area contributed by atoms with Crippen molar-refractivity contribution in [3.05, 3.63) is 104 Å². The van der Waals surface area contributed by atoms with Gasteiger partial charge in [-0.15, -0.1) is 0 Å². The summed E-state index contributed by atoms with van der Waals surface area (Å²) < 4.78 is 24.3. The zero-order chi connectivity index (χ0) is 29.8. The number of thioether (sulfide) groups is 1.